The Labute approximate surface area is 136 Å². The van der Waals surface area contributed by atoms with Crippen LogP contribution in [-0.4, -0.2) is 15.1 Å². The topological polar surface area (TPSA) is 83.6 Å². The number of rotatable bonds is 3. The summed E-state index contributed by atoms with van der Waals surface area (Å²) in [5.74, 6) is 0. The quantitative estimate of drug-likeness (QED) is 0.670. The van der Waals surface area contributed by atoms with Crippen molar-refractivity contribution in [2.45, 2.75) is 40.9 Å². The lowest BCUT2D eigenvalue weighted by Crippen LogP contribution is -1.97. The van der Waals surface area contributed by atoms with Crippen molar-refractivity contribution in [3.63, 3.8) is 0 Å². The van der Waals surface area contributed by atoms with Crippen molar-refractivity contribution in [2.75, 3.05) is 0 Å². The fraction of sp³-hybridized carbons (Fsp3) is 0.333. The van der Waals surface area contributed by atoms with Crippen LogP contribution in [0.3, 0.4) is 0 Å². The zero-order valence-electron chi connectivity index (χ0n) is 14.0. The van der Waals surface area contributed by atoms with Crippen LogP contribution in [0.2, 0.25) is 0 Å². The smallest absolute Gasteiger partial charge is 0.275 e. The number of hydrogen-bond acceptors (Lipinski definition) is 4. The van der Waals surface area contributed by atoms with E-state index in [2.05, 4.69) is 13.8 Å². The molecule has 0 heterocycles. The second-order valence-corrected chi connectivity index (χ2v) is 5.56. The fourth-order valence-electron chi connectivity index (χ4n) is 2.06. The highest BCUT2D eigenvalue weighted by molar-refractivity contribution is 5.46. The van der Waals surface area contributed by atoms with Gasteiger partial charge in [-0.1, -0.05) is 18.2 Å². The number of aliphatic hydroxyl groups excluding tert-OH is 2. The first kappa shape index (κ1) is 18.8. The summed E-state index contributed by atoms with van der Waals surface area (Å²) in [7, 11) is 0. The van der Waals surface area contributed by atoms with Crippen LogP contribution < -0.4 is 0 Å². The van der Waals surface area contributed by atoms with E-state index in [0.29, 0.717) is 5.56 Å². The first-order chi connectivity index (χ1) is 10.8. The molecule has 2 aromatic rings. The molecule has 0 amide bonds. The van der Waals surface area contributed by atoms with E-state index in [4.69, 9.17) is 10.2 Å². The van der Waals surface area contributed by atoms with Crippen LogP contribution in [0, 0.1) is 37.8 Å². The van der Waals surface area contributed by atoms with Gasteiger partial charge in [-0.25, -0.2) is 0 Å². The number of nitro groups is 1. The van der Waals surface area contributed by atoms with Crippen molar-refractivity contribution >= 4 is 5.69 Å². The Morgan fingerprint density at radius 2 is 1.43 bits per heavy atom. The first-order valence-corrected chi connectivity index (χ1v) is 7.32. The Balaban J connectivity index is 0.000000238. The summed E-state index contributed by atoms with van der Waals surface area (Å²) < 4.78 is 0. The lowest BCUT2D eigenvalue weighted by atomic mass is 10.0. The maximum absolute atomic E-state index is 10.5. The van der Waals surface area contributed by atoms with Crippen LogP contribution in [0.5, 0.6) is 0 Å². The zero-order chi connectivity index (χ0) is 17.6. The summed E-state index contributed by atoms with van der Waals surface area (Å²) >= 11 is 0. The lowest BCUT2D eigenvalue weighted by molar-refractivity contribution is -0.385. The number of hydrogen-bond donors (Lipinski definition) is 2. The van der Waals surface area contributed by atoms with Crippen LogP contribution in [-0.2, 0) is 13.2 Å². The predicted octanol–water partition coefficient (Wildman–Crippen LogP) is 3.50. The predicted molar refractivity (Wildman–Crippen MR) is 90.3 cm³/mol. The first-order valence-electron chi connectivity index (χ1n) is 7.32. The molecular weight excluding hydrogens is 294 g/mol. The van der Waals surface area contributed by atoms with Crippen LogP contribution in [0.25, 0.3) is 0 Å². The van der Waals surface area contributed by atoms with Crippen molar-refractivity contribution < 1.29 is 15.1 Å². The summed E-state index contributed by atoms with van der Waals surface area (Å²) in [5.41, 5.74) is 5.68. The molecule has 0 spiro atoms. The Hall–Kier alpha value is -2.24. The highest BCUT2D eigenvalue weighted by Crippen LogP contribution is 2.22. The summed E-state index contributed by atoms with van der Waals surface area (Å²) in [5, 5.41) is 28.2. The lowest BCUT2D eigenvalue weighted by Gasteiger charge is -2.03. The number of aryl methyl sites for hydroxylation is 4. The monoisotopic (exact) mass is 317 g/mol. The van der Waals surface area contributed by atoms with Crippen molar-refractivity contribution in [3.05, 3.63) is 73.8 Å². The molecule has 2 rings (SSSR count). The van der Waals surface area contributed by atoms with Gasteiger partial charge in [-0.3, -0.25) is 10.1 Å². The van der Waals surface area contributed by atoms with Crippen molar-refractivity contribution in [2.24, 2.45) is 0 Å². The van der Waals surface area contributed by atoms with Crippen LogP contribution in [0.1, 0.15) is 33.4 Å². The number of aliphatic hydroxyl groups is 2. The van der Waals surface area contributed by atoms with Gasteiger partial charge in [0.2, 0.25) is 0 Å². The van der Waals surface area contributed by atoms with E-state index in [1.807, 2.05) is 32.0 Å². The maximum atomic E-state index is 10.5. The number of nitro benzene ring substituents is 1. The Kier molecular flexibility index (Phi) is 6.88. The molecule has 0 bridgehead atoms. The van der Waals surface area contributed by atoms with Gasteiger partial charge in [-0.05, 0) is 61.6 Å². The van der Waals surface area contributed by atoms with Crippen LogP contribution in [0.4, 0.5) is 5.69 Å². The zero-order valence-corrected chi connectivity index (χ0v) is 14.0. The molecule has 0 aliphatic carbocycles. The molecule has 0 radical (unpaired) electrons. The van der Waals surface area contributed by atoms with Gasteiger partial charge in [0.05, 0.1) is 23.7 Å². The third-order valence-corrected chi connectivity index (χ3v) is 3.82. The van der Waals surface area contributed by atoms with Crippen LogP contribution in [0.15, 0.2) is 30.3 Å². The largest absolute Gasteiger partial charge is 0.392 e. The normalized spacial score (nSPS) is 10.0. The molecule has 5 nitrogen and oxygen atoms in total. The molecule has 0 atom stereocenters. The highest BCUT2D eigenvalue weighted by Gasteiger charge is 2.13. The molecule has 124 valence electrons. The van der Waals surface area contributed by atoms with E-state index >= 15 is 0 Å². The van der Waals surface area contributed by atoms with E-state index in [9.17, 15) is 10.1 Å². The van der Waals surface area contributed by atoms with Gasteiger partial charge in [0, 0.05) is 6.07 Å². The SMILES string of the molecule is Cc1cc(CO)c([N+](=O)[O-])cc1C.Cc1ccc(CO)cc1C. The van der Waals surface area contributed by atoms with Gasteiger partial charge in [-0.2, -0.15) is 0 Å². The molecule has 0 saturated carbocycles. The van der Waals surface area contributed by atoms with Gasteiger partial charge in [0.25, 0.3) is 5.69 Å². The van der Waals surface area contributed by atoms with Gasteiger partial charge in [0.15, 0.2) is 0 Å². The molecule has 2 aromatic carbocycles. The van der Waals surface area contributed by atoms with Crippen LogP contribution >= 0.6 is 0 Å². The van der Waals surface area contributed by atoms with E-state index < -0.39 is 4.92 Å². The minimum Gasteiger partial charge on any atom is -0.392 e. The van der Waals surface area contributed by atoms with Gasteiger partial charge in [0.1, 0.15) is 0 Å². The molecule has 0 fully saturated rings. The minimum atomic E-state index is -0.474. The standard InChI is InChI=1S/C9H11NO3.C9H12O/c1-6-3-8(5-11)9(10(12)13)4-7(6)2;1-7-3-4-9(6-10)5-8(7)2/h3-4,11H,5H2,1-2H3;3-5,10H,6H2,1-2H3. The molecule has 2 N–H and O–H groups in total. The minimum absolute atomic E-state index is 0.00870. The molecule has 23 heavy (non-hydrogen) atoms. The molecule has 0 aromatic heterocycles. The summed E-state index contributed by atoms with van der Waals surface area (Å²) in [6.07, 6.45) is 0. The Morgan fingerprint density at radius 3 is 1.91 bits per heavy atom. The van der Waals surface area contributed by atoms with Gasteiger partial charge < -0.3 is 10.2 Å². The Morgan fingerprint density at radius 1 is 0.870 bits per heavy atom. The maximum Gasteiger partial charge on any atom is 0.275 e. The average Bonchev–Trinajstić information content (AvgIpc) is 2.52. The highest BCUT2D eigenvalue weighted by atomic mass is 16.6. The van der Waals surface area contributed by atoms with Gasteiger partial charge in [-0.15, -0.1) is 0 Å². The summed E-state index contributed by atoms with van der Waals surface area (Å²) in [6.45, 7) is 7.63. The average molecular weight is 317 g/mol. The van der Waals surface area contributed by atoms with E-state index in [1.165, 1.54) is 17.2 Å². The third-order valence-electron chi connectivity index (χ3n) is 3.82. The third kappa shape index (κ3) is 5.16. The molecule has 0 aliphatic rings. The van der Waals surface area contributed by atoms with E-state index in [1.54, 1.807) is 6.07 Å². The molecule has 0 aliphatic heterocycles. The van der Waals surface area contributed by atoms with E-state index in [0.717, 1.165) is 16.7 Å². The van der Waals surface area contributed by atoms with Crippen molar-refractivity contribution in [3.8, 4) is 0 Å². The molecule has 0 saturated heterocycles. The fourth-order valence-corrected chi connectivity index (χ4v) is 2.06. The second kappa shape index (κ2) is 8.41. The molecule has 5 heteroatoms. The number of nitrogens with zero attached hydrogens (tertiary/aromatic N) is 1. The second-order valence-electron chi connectivity index (χ2n) is 5.56. The molecule has 0 unspecified atom stereocenters. The van der Waals surface area contributed by atoms with Gasteiger partial charge >= 0.3 is 0 Å². The summed E-state index contributed by atoms with van der Waals surface area (Å²) in [4.78, 5) is 10.1. The molecular formula is C18H23NO4. The van der Waals surface area contributed by atoms with Crippen molar-refractivity contribution in [1.82, 2.24) is 0 Å². The summed E-state index contributed by atoms with van der Waals surface area (Å²) in [6, 6.07) is 9.12. The van der Waals surface area contributed by atoms with E-state index in [-0.39, 0.29) is 18.9 Å². The number of benzene rings is 2. The van der Waals surface area contributed by atoms with Crippen molar-refractivity contribution in [1.29, 1.82) is 0 Å². The Bertz CT molecular complexity index is 696.